The predicted molar refractivity (Wildman–Crippen MR) is 46.7 cm³/mol. The largest absolute Gasteiger partial charge is 0.408 e. The lowest BCUT2D eigenvalue weighted by molar-refractivity contribution is 0.534. The number of hydrogen-bond donors (Lipinski definition) is 1. The molecule has 0 atom stereocenters. The van der Waals surface area contributed by atoms with Crippen molar-refractivity contribution in [3.8, 4) is 0 Å². The van der Waals surface area contributed by atoms with Gasteiger partial charge in [-0.3, -0.25) is 0 Å². The zero-order valence-corrected chi connectivity index (χ0v) is 8.26. The molecule has 0 amide bonds. The van der Waals surface area contributed by atoms with Gasteiger partial charge in [-0.05, 0) is 6.42 Å². The van der Waals surface area contributed by atoms with Crippen LogP contribution in [0.1, 0.15) is 19.2 Å². The number of rotatable bonds is 4. The molecular weight excluding hydrogens is 194 g/mol. The van der Waals surface area contributed by atoms with Gasteiger partial charge in [-0.25, -0.2) is 13.1 Å². The number of aromatic nitrogens is 2. The Morgan fingerprint density at radius 1 is 1.46 bits per heavy atom. The fraction of sp³-hybridized carbons (Fsp3) is 0.667. The maximum atomic E-state index is 11.2. The maximum absolute atomic E-state index is 11.2. The molecule has 6 nitrogen and oxygen atoms in total. The Balaban J connectivity index is 2.69. The van der Waals surface area contributed by atoms with Gasteiger partial charge in [0.2, 0.25) is 15.9 Å². The fourth-order valence-electron chi connectivity index (χ4n) is 0.791. The molecule has 0 spiro atoms. The highest BCUT2D eigenvalue weighted by Crippen LogP contribution is 2.06. The molecule has 0 aliphatic heterocycles. The first-order valence-corrected chi connectivity index (χ1v) is 5.49. The van der Waals surface area contributed by atoms with Crippen molar-refractivity contribution < 1.29 is 12.8 Å². The minimum atomic E-state index is -3.32. The fourth-order valence-corrected chi connectivity index (χ4v) is 1.78. The van der Waals surface area contributed by atoms with Crippen molar-refractivity contribution in [2.45, 2.75) is 20.3 Å². The van der Waals surface area contributed by atoms with Crippen LogP contribution >= 0.6 is 0 Å². The van der Waals surface area contributed by atoms with Crippen molar-refractivity contribution in [3.63, 3.8) is 0 Å². The van der Waals surface area contributed by atoms with Crippen molar-refractivity contribution >= 4 is 16.0 Å². The summed E-state index contributed by atoms with van der Waals surface area (Å²) in [4.78, 5) is 0. The number of sulfonamides is 1. The first kappa shape index (κ1) is 9.97. The highest BCUT2D eigenvalue weighted by Gasteiger charge is 2.12. The summed E-state index contributed by atoms with van der Waals surface area (Å²) in [6.07, 6.45) is 0.544. The zero-order chi connectivity index (χ0) is 9.90. The van der Waals surface area contributed by atoms with Crippen molar-refractivity contribution in [2.24, 2.45) is 0 Å². The molecule has 0 saturated carbocycles. The van der Waals surface area contributed by atoms with Gasteiger partial charge in [0.25, 0.3) is 0 Å². The minimum Gasteiger partial charge on any atom is -0.408 e. The topological polar surface area (TPSA) is 85.1 Å². The highest BCUT2D eigenvalue weighted by atomic mass is 32.2. The Bertz CT molecular complexity index is 370. The first-order chi connectivity index (χ1) is 6.03. The molecule has 1 heterocycles. The summed E-state index contributed by atoms with van der Waals surface area (Å²) in [6.45, 7) is 3.36. The number of nitrogens with one attached hydrogen (secondary N) is 1. The second-order valence-electron chi connectivity index (χ2n) is 2.55. The third-order valence-corrected chi connectivity index (χ3v) is 2.67. The molecular formula is C6H11N3O3S. The quantitative estimate of drug-likeness (QED) is 0.774. The number of hydrogen-bond acceptors (Lipinski definition) is 5. The van der Waals surface area contributed by atoms with E-state index in [0.29, 0.717) is 12.3 Å². The lowest BCUT2D eigenvalue weighted by atomic mass is 10.6. The molecule has 1 aromatic heterocycles. The monoisotopic (exact) mass is 205 g/mol. The van der Waals surface area contributed by atoms with Gasteiger partial charge in [0.15, 0.2) is 0 Å². The lowest BCUT2D eigenvalue weighted by Gasteiger charge is -2.00. The lowest BCUT2D eigenvalue weighted by Crippen LogP contribution is -2.16. The standard InChI is InChI=1S/C6H11N3O3S/c1-3-4-13(10,11)9-6-8-7-5(2)12-6/h3-4H2,1-2H3,(H,8,9). The Kier molecular flexibility index (Phi) is 2.86. The Labute approximate surface area is 76.4 Å². The summed E-state index contributed by atoms with van der Waals surface area (Å²) in [7, 11) is -3.32. The minimum absolute atomic E-state index is 0.0500. The van der Waals surface area contributed by atoms with E-state index < -0.39 is 10.0 Å². The van der Waals surface area contributed by atoms with Crippen molar-refractivity contribution in [2.75, 3.05) is 10.5 Å². The van der Waals surface area contributed by atoms with E-state index in [0.717, 1.165) is 0 Å². The van der Waals surface area contributed by atoms with E-state index in [4.69, 9.17) is 4.42 Å². The van der Waals surface area contributed by atoms with Crippen molar-refractivity contribution in [3.05, 3.63) is 5.89 Å². The Morgan fingerprint density at radius 2 is 2.15 bits per heavy atom. The van der Waals surface area contributed by atoms with Gasteiger partial charge in [-0.1, -0.05) is 12.0 Å². The van der Waals surface area contributed by atoms with Crippen LogP contribution in [0.25, 0.3) is 0 Å². The molecule has 1 aromatic rings. The average Bonchev–Trinajstić information content (AvgIpc) is 2.34. The molecule has 0 aliphatic rings. The summed E-state index contributed by atoms with van der Waals surface area (Å²) in [5.74, 6) is 0.378. The smallest absolute Gasteiger partial charge is 0.329 e. The van der Waals surface area contributed by atoms with Gasteiger partial charge in [-0.15, -0.1) is 5.10 Å². The van der Waals surface area contributed by atoms with Gasteiger partial charge < -0.3 is 4.42 Å². The SMILES string of the molecule is CCCS(=O)(=O)Nc1nnc(C)o1. The molecule has 0 unspecified atom stereocenters. The molecule has 1 rings (SSSR count). The average molecular weight is 205 g/mol. The van der Waals surface area contributed by atoms with Crippen LogP contribution < -0.4 is 4.72 Å². The summed E-state index contributed by atoms with van der Waals surface area (Å²) < 4.78 is 29.4. The number of aryl methyl sites for hydroxylation is 1. The predicted octanol–water partition coefficient (Wildman–Crippen LogP) is 0.530. The molecule has 0 saturated heterocycles. The first-order valence-electron chi connectivity index (χ1n) is 3.84. The van der Waals surface area contributed by atoms with Crippen LogP contribution in [0, 0.1) is 6.92 Å². The van der Waals surface area contributed by atoms with Crippen LogP contribution in [0.5, 0.6) is 0 Å². The zero-order valence-electron chi connectivity index (χ0n) is 7.44. The van der Waals surface area contributed by atoms with Gasteiger partial charge in [-0.2, -0.15) is 0 Å². The van der Waals surface area contributed by atoms with E-state index >= 15 is 0 Å². The normalized spacial score (nSPS) is 11.5. The van der Waals surface area contributed by atoms with Crippen molar-refractivity contribution in [1.29, 1.82) is 0 Å². The summed E-state index contributed by atoms with van der Waals surface area (Å²) in [5.41, 5.74) is 0. The second kappa shape index (κ2) is 3.73. The van der Waals surface area contributed by atoms with Crippen LogP contribution in [0.4, 0.5) is 6.01 Å². The maximum Gasteiger partial charge on any atom is 0.329 e. The molecule has 13 heavy (non-hydrogen) atoms. The molecule has 0 fully saturated rings. The number of anilines is 1. The number of nitrogens with zero attached hydrogens (tertiary/aromatic N) is 2. The van der Waals surface area contributed by atoms with E-state index in [2.05, 4.69) is 14.9 Å². The third kappa shape index (κ3) is 3.02. The highest BCUT2D eigenvalue weighted by molar-refractivity contribution is 7.92. The van der Waals surface area contributed by atoms with E-state index in [1.165, 1.54) is 0 Å². The van der Waals surface area contributed by atoms with Crippen LogP contribution in [0.2, 0.25) is 0 Å². The molecule has 1 N–H and O–H groups in total. The van der Waals surface area contributed by atoms with E-state index in [9.17, 15) is 8.42 Å². The van der Waals surface area contributed by atoms with Crippen molar-refractivity contribution in [1.82, 2.24) is 10.2 Å². The van der Waals surface area contributed by atoms with E-state index in [-0.39, 0.29) is 11.8 Å². The molecule has 0 aromatic carbocycles. The van der Waals surface area contributed by atoms with E-state index in [1.807, 2.05) is 0 Å². The summed E-state index contributed by atoms with van der Waals surface area (Å²) in [6, 6.07) is -0.0778. The molecule has 0 bridgehead atoms. The Hall–Kier alpha value is -1.11. The summed E-state index contributed by atoms with van der Waals surface area (Å²) in [5, 5.41) is 6.99. The van der Waals surface area contributed by atoms with E-state index in [1.54, 1.807) is 13.8 Å². The third-order valence-electron chi connectivity index (χ3n) is 1.24. The van der Waals surface area contributed by atoms with Crippen LogP contribution in [-0.4, -0.2) is 24.4 Å². The Morgan fingerprint density at radius 3 is 2.62 bits per heavy atom. The molecule has 7 heteroatoms. The van der Waals surface area contributed by atoms with Gasteiger partial charge in [0, 0.05) is 6.92 Å². The van der Waals surface area contributed by atoms with Gasteiger partial charge >= 0.3 is 6.01 Å². The molecule has 74 valence electrons. The van der Waals surface area contributed by atoms with Crippen LogP contribution in [0.15, 0.2) is 4.42 Å². The van der Waals surface area contributed by atoms with Crippen LogP contribution in [-0.2, 0) is 10.0 Å². The molecule has 0 aliphatic carbocycles. The molecule has 0 radical (unpaired) electrons. The summed E-state index contributed by atoms with van der Waals surface area (Å²) >= 11 is 0. The van der Waals surface area contributed by atoms with Crippen LogP contribution in [0.3, 0.4) is 0 Å². The van der Waals surface area contributed by atoms with Gasteiger partial charge in [0.1, 0.15) is 0 Å². The second-order valence-corrected chi connectivity index (χ2v) is 4.39. The van der Waals surface area contributed by atoms with Gasteiger partial charge in [0.05, 0.1) is 5.75 Å².